The quantitative estimate of drug-likeness (QED) is 0.821. The van der Waals surface area contributed by atoms with E-state index >= 15 is 0 Å². The second-order valence-electron chi connectivity index (χ2n) is 4.74. The Morgan fingerprint density at radius 3 is 2.41 bits per heavy atom. The van der Waals surface area contributed by atoms with Crippen LogP contribution in [0.25, 0.3) is 0 Å². The van der Waals surface area contributed by atoms with Gasteiger partial charge in [-0.25, -0.2) is 4.31 Å². The smallest absolute Gasteiger partial charge is 0.138 e. The Bertz CT molecular complexity index is 346. The first-order chi connectivity index (χ1) is 8.08. The van der Waals surface area contributed by atoms with Gasteiger partial charge in [-0.1, -0.05) is 23.9 Å². The fourth-order valence-corrected chi connectivity index (χ4v) is 4.46. The largest absolute Gasteiger partial charge is 0.363 e. The molecule has 0 bridgehead atoms. The maximum absolute atomic E-state index is 3.56. The van der Waals surface area contributed by atoms with Crippen molar-refractivity contribution in [2.75, 3.05) is 5.32 Å². The number of rotatable bonds is 4. The normalized spacial score (nSPS) is 18.9. The van der Waals surface area contributed by atoms with Crippen LogP contribution in [0.4, 0.5) is 5.69 Å². The molecule has 0 spiro atoms. The minimum absolute atomic E-state index is 0.400. The van der Waals surface area contributed by atoms with E-state index in [2.05, 4.69) is 61.6 Å². The van der Waals surface area contributed by atoms with Crippen molar-refractivity contribution in [2.24, 2.45) is 0 Å². The SMILES string of the molecule is CC(C)N(SC1Nc2ccccc2S1)C(C)C. The molecule has 1 aromatic rings. The Balaban J connectivity index is 1.99. The molecule has 0 fully saturated rings. The summed E-state index contributed by atoms with van der Waals surface area (Å²) in [6.07, 6.45) is 0. The molecule has 4 heteroatoms. The van der Waals surface area contributed by atoms with Crippen LogP contribution in [0.2, 0.25) is 0 Å². The average Bonchev–Trinajstić information content (AvgIpc) is 2.67. The molecule has 2 rings (SSSR count). The van der Waals surface area contributed by atoms with Gasteiger partial charge in [0.2, 0.25) is 0 Å². The van der Waals surface area contributed by atoms with Gasteiger partial charge >= 0.3 is 0 Å². The Kier molecular flexibility index (Phi) is 4.28. The number of hydrogen-bond donors (Lipinski definition) is 1. The molecule has 2 nitrogen and oxygen atoms in total. The third-order valence-electron chi connectivity index (χ3n) is 2.63. The van der Waals surface area contributed by atoms with Gasteiger partial charge in [-0.15, -0.1) is 0 Å². The van der Waals surface area contributed by atoms with Crippen LogP contribution < -0.4 is 5.32 Å². The van der Waals surface area contributed by atoms with Crippen molar-refractivity contribution in [2.45, 2.75) is 49.4 Å². The molecule has 1 heterocycles. The predicted molar refractivity (Wildman–Crippen MR) is 79.4 cm³/mol. The highest BCUT2D eigenvalue weighted by molar-refractivity contribution is 8.16. The highest BCUT2D eigenvalue weighted by atomic mass is 32.2. The molecule has 17 heavy (non-hydrogen) atoms. The molecule has 1 aliphatic rings. The Labute approximate surface area is 113 Å². The molecule has 0 amide bonds. The summed E-state index contributed by atoms with van der Waals surface area (Å²) in [6, 6.07) is 9.64. The topological polar surface area (TPSA) is 15.3 Å². The van der Waals surface area contributed by atoms with Crippen LogP contribution in [0, 0.1) is 0 Å². The summed E-state index contributed by atoms with van der Waals surface area (Å²) in [6.45, 7) is 9.00. The van der Waals surface area contributed by atoms with Crippen LogP contribution >= 0.6 is 23.7 Å². The van der Waals surface area contributed by atoms with E-state index in [9.17, 15) is 0 Å². The number of benzene rings is 1. The van der Waals surface area contributed by atoms with E-state index in [4.69, 9.17) is 0 Å². The highest BCUT2D eigenvalue weighted by Crippen LogP contribution is 2.44. The fraction of sp³-hybridized carbons (Fsp3) is 0.538. The van der Waals surface area contributed by atoms with E-state index in [-0.39, 0.29) is 0 Å². The van der Waals surface area contributed by atoms with Crippen molar-refractivity contribution in [3.05, 3.63) is 24.3 Å². The molecule has 94 valence electrons. The van der Waals surface area contributed by atoms with Gasteiger partial charge in [0.15, 0.2) is 0 Å². The zero-order valence-electron chi connectivity index (χ0n) is 10.8. The van der Waals surface area contributed by atoms with Gasteiger partial charge in [0, 0.05) is 22.7 Å². The van der Waals surface area contributed by atoms with E-state index in [1.807, 2.05) is 23.7 Å². The van der Waals surface area contributed by atoms with Gasteiger partial charge in [-0.3, -0.25) is 0 Å². The molecule has 0 radical (unpaired) electrons. The summed E-state index contributed by atoms with van der Waals surface area (Å²) in [5.41, 5.74) is 1.27. The van der Waals surface area contributed by atoms with Crippen LogP contribution in [-0.2, 0) is 0 Å². The molecule has 0 aromatic heterocycles. The fourth-order valence-electron chi connectivity index (χ4n) is 1.96. The van der Waals surface area contributed by atoms with Gasteiger partial charge in [-0.2, -0.15) is 0 Å². The number of hydrogen-bond acceptors (Lipinski definition) is 4. The van der Waals surface area contributed by atoms with Crippen LogP contribution in [0.1, 0.15) is 27.7 Å². The molecule has 1 unspecified atom stereocenters. The van der Waals surface area contributed by atoms with Crippen LogP contribution in [0.5, 0.6) is 0 Å². The summed E-state index contributed by atoms with van der Waals surface area (Å²) in [4.78, 5) is 1.36. The summed E-state index contributed by atoms with van der Waals surface area (Å²) >= 11 is 3.82. The lowest BCUT2D eigenvalue weighted by Crippen LogP contribution is -2.33. The average molecular weight is 268 g/mol. The Morgan fingerprint density at radius 1 is 1.18 bits per heavy atom. The van der Waals surface area contributed by atoms with Crippen molar-refractivity contribution in [1.82, 2.24) is 4.31 Å². The molecule has 1 aliphatic heterocycles. The minimum Gasteiger partial charge on any atom is -0.363 e. The van der Waals surface area contributed by atoms with E-state index in [0.717, 1.165) is 0 Å². The van der Waals surface area contributed by atoms with Crippen molar-refractivity contribution >= 4 is 29.4 Å². The zero-order chi connectivity index (χ0) is 12.4. The molecular weight excluding hydrogens is 248 g/mol. The Hall–Kier alpha value is -0.320. The molecule has 1 atom stereocenters. The van der Waals surface area contributed by atoms with Crippen molar-refractivity contribution in [3.63, 3.8) is 0 Å². The summed E-state index contributed by atoms with van der Waals surface area (Å²) in [5.74, 6) is 0. The first-order valence-electron chi connectivity index (χ1n) is 6.05. The number of anilines is 1. The van der Waals surface area contributed by atoms with E-state index < -0.39 is 0 Å². The molecule has 1 N–H and O–H groups in total. The first kappa shape index (κ1) is 13.1. The van der Waals surface area contributed by atoms with Crippen molar-refractivity contribution in [3.8, 4) is 0 Å². The summed E-state index contributed by atoms with van der Waals surface area (Å²) in [5, 5.41) is 3.56. The molecule has 0 saturated heterocycles. The van der Waals surface area contributed by atoms with Gasteiger partial charge in [-0.05, 0) is 51.8 Å². The third-order valence-corrected chi connectivity index (χ3v) is 5.51. The second-order valence-corrected chi connectivity index (χ2v) is 7.29. The lowest BCUT2D eigenvalue weighted by molar-refractivity contribution is 0.335. The van der Waals surface area contributed by atoms with Crippen molar-refractivity contribution < 1.29 is 0 Å². The zero-order valence-corrected chi connectivity index (χ0v) is 12.4. The van der Waals surface area contributed by atoms with Gasteiger partial charge in [0.05, 0.1) is 0 Å². The number of para-hydroxylation sites is 1. The second kappa shape index (κ2) is 5.55. The lowest BCUT2D eigenvalue weighted by Gasteiger charge is -2.31. The maximum Gasteiger partial charge on any atom is 0.138 e. The monoisotopic (exact) mass is 268 g/mol. The van der Waals surface area contributed by atoms with Crippen LogP contribution in [0.15, 0.2) is 29.2 Å². The molecule has 1 aromatic carbocycles. The number of nitrogens with one attached hydrogen (secondary N) is 1. The van der Waals surface area contributed by atoms with Crippen LogP contribution in [0.3, 0.4) is 0 Å². The molecule has 0 aliphatic carbocycles. The number of nitrogens with zero attached hydrogens (tertiary/aromatic N) is 1. The van der Waals surface area contributed by atoms with Crippen molar-refractivity contribution in [1.29, 1.82) is 0 Å². The number of fused-ring (bicyclic) bond motifs is 1. The summed E-state index contributed by atoms with van der Waals surface area (Å²) < 4.78 is 2.86. The summed E-state index contributed by atoms with van der Waals surface area (Å²) in [7, 11) is 0. The molecular formula is C13H20N2S2. The maximum atomic E-state index is 3.56. The van der Waals surface area contributed by atoms with E-state index in [1.165, 1.54) is 10.6 Å². The first-order valence-corrected chi connectivity index (χ1v) is 7.77. The third kappa shape index (κ3) is 3.12. The predicted octanol–water partition coefficient (Wildman–Crippen LogP) is 4.25. The van der Waals surface area contributed by atoms with E-state index in [1.54, 1.807) is 0 Å². The molecule has 0 saturated carbocycles. The van der Waals surface area contributed by atoms with Gasteiger partial charge in [0.25, 0.3) is 0 Å². The Morgan fingerprint density at radius 2 is 1.82 bits per heavy atom. The highest BCUT2D eigenvalue weighted by Gasteiger charge is 2.26. The number of thioether (sulfide) groups is 1. The van der Waals surface area contributed by atoms with Gasteiger partial charge < -0.3 is 5.32 Å². The lowest BCUT2D eigenvalue weighted by atomic mass is 10.3. The standard InChI is InChI=1S/C13H20N2S2/c1-9(2)15(10(3)4)17-13-14-11-7-5-6-8-12(11)16-13/h5-10,13-14H,1-4H3. The minimum atomic E-state index is 0.400. The van der Waals surface area contributed by atoms with Gasteiger partial charge in [0.1, 0.15) is 4.71 Å². The van der Waals surface area contributed by atoms with E-state index in [0.29, 0.717) is 16.8 Å². The van der Waals surface area contributed by atoms with Crippen LogP contribution in [-0.4, -0.2) is 21.1 Å².